The first-order chi connectivity index (χ1) is 22.9. The van der Waals surface area contributed by atoms with Crippen molar-refractivity contribution in [1.82, 2.24) is 9.97 Å². The molecule has 2 nitrogen and oxygen atoms in total. The third-order valence-corrected chi connectivity index (χ3v) is 12.4. The maximum Gasteiger partial charge on any atom is 0.0795 e. The van der Waals surface area contributed by atoms with Crippen LogP contribution in [0.4, 0.5) is 0 Å². The summed E-state index contributed by atoms with van der Waals surface area (Å²) in [7, 11) is -1.23. The van der Waals surface area contributed by atoms with Crippen molar-refractivity contribution in [2.45, 2.75) is 57.7 Å². The number of pyridine rings is 2. The second-order valence-electron chi connectivity index (χ2n) is 13.6. The summed E-state index contributed by atoms with van der Waals surface area (Å²) in [5.74, 6) is 0.692. The van der Waals surface area contributed by atoms with E-state index in [0.29, 0.717) is 5.92 Å². The van der Waals surface area contributed by atoms with Gasteiger partial charge in [-0.3, -0.25) is 0 Å². The van der Waals surface area contributed by atoms with Crippen molar-refractivity contribution < 1.29 is 20.1 Å². The Kier molecular flexibility index (Phi) is 10.8. The minimum absolute atomic E-state index is 0. The van der Waals surface area contributed by atoms with Gasteiger partial charge in [-0.2, -0.15) is 11.3 Å². The first-order valence-electron chi connectivity index (χ1n) is 16.8. The summed E-state index contributed by atoms with van der Waals surface area (Å²) < 4.78 is 2.61. The van der Waals surface area contributed by atoms with Crippen LogP contribution in [0.2, 0.25) is 19.6 Å². The number of benzene rings is 4. The third kappa shape index (κ3) is 7.77. The monoisotopic (exact) mass is 837 g/mol. The largest absolute Gasteiger partial charge is 0.305 e. The van der Waals surface area contributed by atoms with Crippen LogP contribution < -0.4 is 5.19 Å². The zero-order chi connectivity index (χ0) is 32.2. The maximum absolute atomic E-state index is 4.70. The summed E-state index contributed by atoms with van der Waals surface area (Å²) in [6.45, 7) is 7.00. The molecule has 0 amide bonds. The van der Waals surface area contributed by atoms with E-state index in [1.165, 1.54) is 74.2 Å². The summed E-state index contributed by atoms with van der Waals surface area (Å²) in [5.41, 5.74) is 8.18. The van der Waals surface area contributed by atoms with Crippen LogP contribution in [0.1, 0.15) is 43.6 Å². The molecule has 1 radical (unpaired) electrons. The van der Waals surface area contributed by atoms with Gasteiger partial charge in [0.2, 0.25) is 0 Å². The van der Waals surface area contributed by atoms with Crippen LogP contribution in [0, 0.1) is 12.1 Å². The fourth-order valence-corrected chi connectivity index (χ4v) is 8.66. The second kappa shape index (κ2) is 15.2. The van der Waals surface area contributed by atoms with Gasteiger partial charge in [0.05, 0.1) is 8.07 Å². The fraction of sp³-hybridized carbons (Fsp3) is 0.209. The Morgan fingerprint density at radius 2 is 1.48 bits per heavy atom. The van der Waals surface area contributed by atoms with Gasteiger partial charge in [0, 0.05) is 37.2 Å². The molecule has 8 rings (SSSR count). The van der Waals surface area contributed by atoms with E-state index in [9.17, 15) is 0 Å². The van der Waals surface area contributed by atoms with Crippen molar-refractivity contribution in [3.63, 3.8) is 0 Å². The van der Waals surface area contributed by atoms with E-state index in [2.05, 4.69) is 122 Å². The number of thiophene rings is 1. The van der Waals surface area contributed by atoms with Crippen molar-refractivity contribution in [3.05, 3.63) is 139 Å². The molecule has 1 aliphatic rings. The molecule has 0 saturated heterocycles. The summed E-state index contributed by atoms with van der Waals surface area (Å²) in [6, 6.07) is 45.3. The van der Waals surface area contributed by atoms with E-state index >= 15 is 0 Å². The van der Waals surface area contributed by atoms with Gasteiger partial charge in [-0.05, 0) is 68.7 Å². The molecule has 3 aromatic heterocycles. The molecule has 1 fully saturated rings. The predicted molar refractivity (Wildman–Crippen MR) is 204 cm³/mol. The average Bonchev–Trinajstić information content (AvgIpc) is 3.50. The van der Waals surface area contributed by atoms with Crippen LogP contribution in [0.5, 0.6) is 0 Å². The Balaban J connectivity index is 0.000000201. The summed E-state index contributed by atoms with van der Waals surface area (Å²) in [6.07, 6.45) is 10.7. The van der Waals surface area contributed by atoms with Crippen molar-refractivity contribution in [2.24, 2.45) is 0 Å². The molecule has 0 unspecified atom stereocenters. The molecule has 1 aliphatic carbocycles. The van der Waals surface area contributed by atoms with E-state index in [1.54, 1.807) is 0 Å². The molecule has 5 heteroatoms. The molecule has 4 aromatic carbocycles. The standard InChI is InChI=1S/C29H24NS.C14H16NSi.Ir/c1-3-7-20(8-4-1)22-11-13-25-26-17-24(12-14-28(26)31-29(25)19-22)27-18-23(15-16-30-27)21-9-5-2-6-10-21;1-16(2,3)13-9-10-14(15-11-13)12-7-5-4-6-8-12;/h1,3-4,7-8,11,13-19,21H,2,5-6,9-10H2;4-7,9-11H,1-3H3;/q2*-1;. The zero-order valence-corrected chi connectivity index (χ0v) is 32.0. The van der Waals surface area contributed by atoms with Crippen LogP contribution in [-0.4, -0.2) is 18.0 Å². The molecule has 1 saturated carbocycles. The Morgan fingerprint density at radius 1 is 0.667 bits per heavy atom. The van der Waals surface area contributed by atoms with Crippen LogP contribution in [0.15, 0.2) is 122 Å². The predicted octanol–water partition coefficient (Wildman–Crippen LogP) is 11.7. The second-order valence-corrected chi connectivity index (χ2v) is 19.7. The van der Waals surface area contributed by atoms with E-state index in [1.807, 2.05) is 48.0 Å². The molecule has 0 spiro atoms. The first kappa shape index (κ1) is 34.1. The SMILES string of the molecule is C[Si](C)(C)c1ccc(-c2[c-]cccc2)nc1.[Ir].[c-]1cc2sc3cc(-c4ccccc4)ccc3c2cc1-c1cc(C2CCCCC2)ccn1. The number of fused-ring (bicyclic) bond motifs is 3. The normalized spacial score (nSPS) is 13.5. The summed E-state index contributed by atoms with van der Waals surface area (Å²) in [5, 5.41) is 4.02. The fourth-order valence-electron chi connectivity index (χ4n) is 6.51. The van der Waals surface area contributed by atoms with Gasteiger partial charge >= 0.3 is 0 Å². The third-order valence-electron chi connectivity index (χ3n) is 9.26. The van der Waals surface area contributed by atoms with Gasteiger partial charge < -0.3 is 9.97 Å². The van der Waals surface area contributed by atoms with Gasteiger partial charge in [-0.25, -0.2) is 0 Å². The number of rotatable bonds is 5. The van der Waals surface area contributed by atoms with Crippen LogP contribution >= 0.6 is 11.3 Å². The van der Waals surface area contributed by atoms with Crippen LogP contribution in [0.25, 0.3) is 53.8 Å². The van der Waals surface area contributed by atoms with Crippen molar-refractivity contribution >= 4 is 44.8 Å². The molecule has 0 N–H and O–H groups in total. The topological polar surface area (TPSA) is 25.8 Å². The molecule has 0 bridgehead atoms. The van der Waals surface area contributed by atoms with E-state index in [-0.39, 0.29) is 20.1 Å². The van der Waals surface area contributed by atoms with Crippen LogP contribution in [-0.2, 0) is 20.1 Å². The number of hydrogen-bond acceptors (Lipinski definition) is 3. The Morgan fingerprint density at radius 3 is 2.21 bits per heavy atom. The molecular formula is C43H40IrN2SSi-2. The Labute approximate surface area is 303 Å². The Bertz CT molecular complexity index is 2100. The van der Waals surface area contributed by atoms with Crippen molar-refractivity contribution in [3.8, 4) is 33.6 Å². The summed E-state index contributed by atoms with van der Waals surface area (Å²) >= 11 is 1.85. The molecule has 3 heterocycles. The molecule has 243 valence electrons. The van der Waals surface area contributed by atoms with Gasteiger partial charge in [-0.1, -0.05) is 111 Å². The van der Waals surface area contributed by atoms with Gasteiger partial charge in [-0.15, -0.1) is 59.7 Å². The molecular weight excluding hydrogens is 797 g/mol. The van der Waals surface area contributed by atoms with Gasteiger partial charge in [0.25, 0.3) is 0 Å². The minimum Gasteiger partial charge on any atom is -0.305 e. The molecule has 48 heavy (non-hydrogen) atoms. The Hall–Kier alpha value is -3.73. The van der Waals surface area contributed by atoms with Gasteiger partial charge in [0.1, 0.15) is 0 Å². The van der Waals surface area contributed by atoms with Crippen molar-refractivity contribution in [2.75, 3.05) is 0 Å². The van der Waals surface area contributed by atoms with E-state index in [0.717, 1.165) is 22.5 Å². The van der Waals surface area contributed by atoms with E-state index < -0.39 is 8.07 Å². The van der Waals surface area contributed by atoms with Gasteiger partial charge in [0.15, 0.2) is 0 Å². The van der Waals surface area contributed by atoms with E-state index in [4.69, 9.17) is 4.98 Å². The zero-order valence-electron chi connectivity index (χ0n) is 27.8. The average molecular weight is 837 g/mol. The molecule has 7 aromatic rings. The number of nitrogens with zero attached hydrogens (tertiary/aromatic N) is 2. The molecule has 0 atom stereocenters. The molecule has 0 aliphatic heterocycles. The smallest absolute Gasteiger partial charge is 0.0795 e. The van der Waals surface area contributed by atoms with Crippen LogP contribution in [0.3, 0.4) is 0 Å². The maximum atomic E-state index is 4.70. The number of hydrogen-bond donors (Lipinski definition) is 0. The van der Waals surface area contributed by atoms with Crippen molar-refractivity contribution in [1.29, 1.82) is 0 Å². The number of aromatic nitrogens is 2. The summed E-state index contributed by atoms with van der Waals surface area (Å²) in [4.78, 5) is 9.22. The first-order valence-corrected chi connectivity index (χ1v) is 21.1. The quantitative estimate of drug-likeness (QED) is 0.127. The minimum atomic E-state index is -1.23.